The molecule has 2 rings (SSSR count). The quantitative estimate of drug-likeness (QED) is 0.880. The molecule has 0 spiro atoms. The Hall–Kier alpha value is -1.58. The molecule has 2 heterocycles. The molecule has 0 fully saturated rings. The molecule has 0 aliphatic carbocycles. The van der Waals surface area contributed by atoms with Gasteiger partial charge in [0.25, 0.3) is 0 Å². The summed E-state index contributed by atoms with van der Waals surface area (Å²) < 4.78 is 0. The fourth-order valence-corrected chi connectivity index (χ4v) is 3.47. The van der Waals surface area contributed by atoms with Crippen LogP contribution in [0.3, 0.4) is 0 Å². The molecule has 1 aromatic heterocycles. The van der Waals surface area contributed by atoms with Crippen LogP contribution in [0.4, 0.5) is 5.00 Å². The summed E-state index contributed by atoms with van der Waals surface area (Å²) in [5, 5.41) is 12.7. The topological polar surface area (TPSA) is 82.2 Å². The van der Waals surface area contributed by atoms with Gasteiger partial charge in [0, 0.05) is 24.0 Å². The van der Waals surface area contributed by atoms with E-state index in [2.05, 4.69) is 23.2 Å². The first-order chi connectivity index (χ1) is 9.55. The molecule has 6 heteroatoms. The number of carbonyl (C=O) groups excluding carboxylic acids is 1. The number of carbonyl (C=O) groups is 1. The van der Waals surface area contributed by atoms with Gasteiger partial charge < -0.3 is 11.1 Å². The van der Waals surface area contributed by atoms with Gasteiger partial charge in [-0.05, 0) is 25.3 Å². The van der Waals surface area contributed by atoms with Crippen LogP contribution in [0.2, 0.25) is 0 Å². The predicted molar refractivity (Wildman–Crippen MR) is 80.3 cm³/mol. The fourth-order valence-electron chi connectivity index (χ4n) is 2.36. The highest BCUT2D eigenvalue weighted by atomic mass is 32.1. The van der Waals surface area contributed by atoms with Crippen molar-refractivity contribution in [2.75, 3.05) is 18.8 Å². The van der Waals surface area contributed by atoms with E-state index in [1.54, 1.807) is 0 Å². The van der Waals surface area contributed by atoms with Crippen LogP contribution in [0, 0.1) is 11.3 Å². The third-order valence-electron chi connectivity index (χ3n) is 3.66. The van der Waals surface area contributed by atoms with E-state index in [4.69, 9.17) is 11.0 Å². The monoisotopic (exact) mass is 292 g/mol. The highest BCUT2D eigenvalue weighted by Gasteiger charge is 2.24. The summed E-state index contributed by atoms with van der Waals surface area (Å²) in [5.74, 6) is 0.0628. The average Bonchev–Trinajstić information content (AvgIpc) is 2.72. The zero-order chi connectivity index (χ0) is 14.7. The molecule has 0 saturated heterocycles. The highest BCUT2D eigenvalue weighted by Crippen LogP contribution is 2.34. The van der Waals surface area contributed by atoms with Gasteiger partial charge in [0.2, 0.25) is 5.91 Å². The Morgan fingerprint density at radius 1 is 1.65 bits per heavy atom. The largest absolute Gasteiger partial charge is 0.389 e. The van der Waals surface area contributed by atoms with Crippen LogP contribution >= 0.6 is 11.3 Å². The average molecular weight is 292 g/mol. The van der Waals surface area contributed by atoms with Gasteiger partial charge in [-0.2, -0.15) is 5.26 Å². The highest BCUT2D eigenvalue weighted by molar-refractivity contribution is 7.16. The number of anilines is 1. The predicted octanol–water partition coefficient (Wildman–Crippen LogP) is 1.47. The van der Waals surface area contributed by atoms with Gasteiger partial charge in [-0.25, -0.2) is 0 Å². The first-order valence-corrected chi connectivity index (χ1v) is 7.68. The van der Waals surface area contributed by atoms with Gasteiger partial charge in [0.05, 0.1) is 12.1 Å². The maximum absolute atomic E-state index is 11.9. The van der Waals surface area contributed by atoms with Crippen molar-refractivity contribution in [2.24, 2.45) is 0 Å². The lowest BCUT2D eigenvalue weighted by atomic mass is 10.0. The van der Waals surface area contributed by atoms with Gasteiger partial charge in [-0.15, -0.1) is 11.3 Å². The van der Waals surface area contributed by atoms with Gasteiger partial charge in [-0.3, -0.25) is 9.69 Å². The van der Waals surface area contributed by atoms with E-state index in [9.17, 15) is 4.79 Å². The lowest BCUT2D eigenvalue weighted by Gasteiger charge is -2.26. The maximum Gasteiger partial charge on any atom is 0.234 e. The number of nitrogens with two attached hydrogens (primary N) is 1. The molecule has 3 N–H and O–H groups in total. The minimum atomic E-state index is 0.0628. The van der Waals surface area contributed by atoms with Crippen LogP contribution < -0.4 is 11.1 Å². The van der Waals surface area contributed by atoms with Crippen molar-refractivity contribution in [1.29, 1.82) is 5.26 Å². The number of nitrogen functional groups attached to an aromatic ring is 1. The molecule has 5 nitrogen and oxygen atoms in total. The molecule has 0 aromatic carbocycles. The van der Waals surface area contributed by atoms with Crippen LogP contribution in [0.25, 0.3) is 0 Å². The molecule has 20 heavy (non-hydrogen) atoms. The summed E-state index contributed by atoms with van der Waals surface area (Å²) in [6, 6.07) is 2.39. The van der Waals surface area contributed by atoms with E-state index >= 15 is 0 Å². The normalized spacial score (nSPS) is 16.2. The summed E-state index contributed by atoms with van der Waals surface area (Å²) in [6.07, 6.45) is 1.73. The molecule has 108 valence electrons. The third-order valence-corrected chi connectivity index (χ3v) is 4.71. The smallest absolute Gasteiger partial charge is 0.234 e. The molecule has 0 radical (unpaired) electrons. The summed E-state index contributed by atoms with van der Waals surface area (Å²) >= 11 is 1.47. The molecule has 0 bridgehead atoms. The van der Waals surface area contributed by atoms with Crippen LogP contribution in [0.15, 0.2) is 0 Å². The van der Waals surface area contributed by atoms with E-state index < -0.39 is 0 Å². The second-order valence-corrected chi connectivity index (χ2v) is 6.33. The van der Waals surface area contributed by atoms with Crippen molar-refractivity contribution in [3.8, 4) is 6.07 Å². The van der Waals surface area contributed by atoms with Gasteiger partial charge in [-0.1, -0.05) is 6.92 Å². The first kappa shape index (κ1) is 14.8. The van der Waals surface area contributed by atoms with E-state index in [0.717, 1.165) is 29.8 Å². The standard InChI is InChI=1S/C14H20N4OS/c1-3-9(2)17-13(19)8-18-5-4-10-11(6-15)14(16)20-12(10)7-18/h9H,3-5,7-8,16H2,1-2H3,(H,17,19). The summed E-state index contributed by atoms with van der Waals surface area (Å²) in [7, 11) is 0. The molecule has 1 unspecified atom stereocenters. The minimum Gasteiger partial charge on any atom is -0.389 e. The number of nitrogens with zero attached hydrogens (tertiary/aromatic N) is 2. The van der Waals surface area contributed by atoms with Crippen LogP contribution in [0.1, 0.15) is 36.3 Å². The summed E-state index contributed by atoms with van der Waals surface area (Å²) in [5.41, 5.74) is 7.57. The van der Waals surface area contributed by atoms with Crippen molar-refractivity contribution in [3.63, 3.8) is 0 Å². The summed E-state index contributed by atoms with van der Waals surface area (Å²) in [4.78, 5) is 15.1. The molecular formula is C14H20N4OS. The van der Waals surface area contributed by atoms with Crippen molar-refractivity contribution in [1.82, 2.24) is 10.2 Å². The molecule has 1 aliphatic heterocycles. The number of hydrogen-bond donors (Lipinski definition) is 2. The number of amides is 1. The van der Waals surface area contributed by atoms with Crippen molar-refractivity contribution < 1.29 is 4.79 Å². The molecule has 1 amide bonds. The first-order valence-electron chi connectivity index (χ1n) is 6.87. The van der Waals surface area contributed by atoms with Crippen molar-refractivity contribution in [3.05, 3.63) is 16.0 Å². The Kier molecular flexibility index (Phi) is 4.63. The fraction of sp³-hybridized carbons (Fsp3) is 0.571. The lowest BCUT2D eigenvalue weighted by molar-refractivity contribution is -0.123. The number of nitrogens with one attached hydrogen (secondary N) is 1. The number of nitriles is 1. The van der Waals surface area contributed by atoms with E-state index in [1.807, 2.05) is 6.92 Å². The number of fused-ring (bicyclic) bond motifs is 1. The van der Waals surface area contributed by atoms with E-state index in [0.29, 0.717) is 23.7 Å². The molecule has 1 atom stereocenters. The van der Waals surface area contributed by atoms with Gasteiger partial charge in [0.15, 0.2) is 0 Å². The van der Waals surface area contributed by atoms with E-state index in [1.165, 1.54) is 11.3 Å². The lowest BCUT2D eigenvalue weighted by Crippen LogP contribution is -2.42. The Balaban J connectivity index is 1.98. The number of rotatable bonds is 4. The van der Waals surface area contributed by atoms with Crippen LogP contribution in [-0.4, -0.2) is 29.9 Å². The Morgan fingerprint density at radius 2 is 2.40 bits per heavy atom. The SMILES string of the molecule is CCC(C)NC(=O)CN1CCc2c(sc(N)c2C#N)C1. The molecule has 1 aliphatic rings. The molecule has 1 aromatic rings. The molecular weight excluding hydrogens is 272 g/mol. The Morgan fingerprint density at radius 3 is 3.05 bits per heavy atom. The second-order valence-electron chi connectivity index (χ2n) is 5.19. The number of hydrogen-bond acceptors (Lipinski definition) is 5. The number of thiophene rings is 1. The molecule has 0 saturated carbocycles. The third kappa shape index (κ3) is 3.11. The van der Waals surface area contributed by atoms with Gasteiger partial charge in [0.1, 0.15) is 11.1 Å². The Bertz CT molecular complexity index is 546. The van der Waals surface area contributed by atoms with E-state index in [-0.39, 0.29) is 11.9 Å². The van der Waals surface area contributed by atoms with Crippen molar-refractivity contribution >= 4 is 22.2 Å². The minimum absolute atomic E-state index is 0.0628. The maximum atomic E-state index is 11.9. The zero-order valence-electron chi connectivity index (χ0n) is 11.9. The second kappa shape index (κ2) is 6.25. The van der Waals surface area contributed by atoms with Crippen LogP contribution in [-0.2, 0) is 17.8 Å². The van der Waals surface area contributed by atoms with Gasteiger partial charge >= 0.3 is 0 Å². The summed E-state index contributed by atoms with van der Waals surface area (Å²) in [6.45, 7) is 5.97. The van der Waals surface area contributed by atoms with Crippen molar-refractivity contribution in [2.45, 2.75) is 39.3 Å². The zero-order valence-corrected chi connectivity index (χ0v) is 12.7. The van der Waals surface area contributed by atoms with Crippen LogP contribution in [0.5, 0.6) is 0 Å². The Labute approximate surface area is 123 Å².